The second kappa shape index (κ2) is 8.29. The third-order valence-corrected chi connectivity index (χ3v) is 3.48. The van der Waals surface area contributed by atoms with Gasteiger partial charge in [0.15, 0.2) is 0 Å². The van der Waals surface area contributed by atoms with E-state index in [1.54, 1.807) is 12.1 Å². The van der Waals surface area contributed by atoms with Crippen LogP contribution in [0.5, 0.6) is 0 Å². The van der Waals surface area contributed by atoms with Gasteiger partial charge in [-0.3, -0.25) is 0 Å². The Kier molecular flexibility index (Phi) is 6.72. The molecule has 0 spiro atoms. The summed E-state index contributed by atoms with van der Waals surface area (Å²) in [5.74, 6) is 0. The van der Waals surface area contributed by atoms with Gasteiger partial charge in [0.05, 0.1) is 11.6 Å². The molecule has 2 heteroatoms. The summed E-state index contributed by atoms with van der Waals surface area (Å²) in [6.45, 7) is 8.13. The Balaban J connectivity index is 0.000000235. The van der Waals surface area contributed by atoms with E-state index < -0.39 is 0 Å². The molecule has 0 fully saturated rings. The first kappa shape index (κ1) is 17.0. The fourth-order valence-electron chi connectivity index (χ4n) is 1.79. The van der Waals surface area contributed by atoms with Gasteiger partial charge in [-0.05, 0) is 45.4 Å². The van der Waals surface area contributed by atoms with Crippen molar-refractivity contribution < 1.29 is 0 Å². The van der Waals surface area contributed by atoms with Crippen molar-refractivity contribution in [3.63, 3.8) is 0 Å². The van der Waals surface area contributed by atoms with Gasteiger partial charge in [0.25, 0.3) is 0 Å². The van der Waals surface area contributed by atoms with E-state index in [0.717, 1.165) is 16.2 Å². The van der Waals surface area contributed by atoms with Crippen molar-refractivity contribution in [1.29, 1.82) is 5.26 Å². The molecule has 0 aliphatic carbocycles. The summed E-state index contributed by atoms with van der Waals surface area (Å²) in [5, 5.41) is 9.34. The fourth-order valence-corrected chi connectivity index (χ4v) is 1.91. The van der Waals surface area contributed by atoms with E-state index in [1.807, 2.05) is 26.0 Å². The first-order chi connectivity index (χ1) is 9.93. The molecule has 0 bridgehead atoms. The van der Waals surface area contributed by atoms with Crippen molar-refractivity contribution in [3.8, 4) is 6.07 Å². The molecule has 0 aliphatic heterocycles. The zero-order valence-corrected chi connectivity index (χ0v) is 13.7. The molecule has 2 aromatic carbocycles. The van der Waals surface area contributed by atoms with E-state index in [0.29, 0.717) is 5.56 Å². The third-order valence-electron chi connectivity index (χ3n) is 2.88. The van der Waals surface area contributed by atoms with E-state index in [-0.39, 0.29) is 0 Å². The van der Waals surface area contributed by atoms with Gasteiger partial charge >= 0.3 is 0 Å². The first-order valence-corrected chi connectivity index (χ1v) is 7.18. The number of rotatable bonds is 1. The number of halogens is 1. The Labute approximate surface area is 132 Å². The molecule has 108 valence electrons. The van der Waals surface area contributed by atoms with Gasteiger partial charge in [-0.2, -0.15) is 5.26 Å². The molecule has 0 radical (unpaired) electrons. The van der Waals surface area contributed by atoms with Gasteiger partial charge in [0.2, 0.25) is 0 Å². The third kappa shape index (κ3) is 5.85. The number of hydrogen-bond donors (Lipinski definition) is 0. The number of aryl methyl sites for hydroxylation is 2. The molecule has 0 saturated heterocycles. The topological polar surface area (TPSA) is 23.8 Å². The summed E-state index contributed by atoms with van der Waals surface area (Å²) in [4.78, 5) is 0. The zero-order valence-electron chi connectivity index (χ0n) is 12.9. The predicted molar refractivity (Wildman–Crippen MR) is 91.2 cm³/mol. The van der Waals surface area contributed by atoms with Crippen LogP contribution in [0.4, 0.5) is 0 Å². The molecular weight excluding hydrogens is 278 g/mol. The highest BCUT2D eigenvalue weighted by atomic mass is 35.5. The largest absolute Gasteiger partial charge is 0.192 e. The Bertz CT molecular complexity index is 639. The molecule has 1 nitrogen and oxygen atoms in total. The van der Waals surface area contributed by atoms with Crippen LogP contribution in [0.2, 0.25) is 0 Å². The molecule has 0 aromatic heterocycles. The molecule has 2 rings (SSSR count). The number of allylic oxidation sites excluding steroid dienone is 1. The Morgan fingerprint density at radius 1 is 0.952 bits per heavy atom. The lowest BCUT2D eigenvalue weighted by Crippen LogP contribution is -1.80. The number of benzene rings is 2. The van der Waals surface area contributed by atoms with Gasteiger partial charge in [-0.25, -0.2) is 0 Å². The summed E-state index contributed by atoms with van der Waals surface area (Å²) in [7, 11) is 0. The lowest BCUT2D eigenvalue weighted by molar-refractivity contribution is 1.39. The second-order valence-electron chi connectivity index (χ2n) is 5.16. The van der Waals surface area contributed by atoms with Crippen LogP contribution in [-0.2, 0) is 0 Å². The van der Waals surface area contributed by atoms with Crippen LogP contribution in [0.25, 0.3) is 5.03 Å². The molecule has 0 atom stereocenters. The number of hydrogen-bond acceptors (Lipinski definition) is 1. The van der Waals surface area contributed by atoms with Crippen LogP contribution >= 0.6 is 11.6 Å². The summed E-state index contributed by atoms with van der Waals surface area (Å²) in [6.07, 6.45) is 0. The lowest BCUT2D eigenvalue weighted by Gasteiger charge is -2.00. The van der Waals surface area contributed by atoms with Gasteiger partial charge in [-0.15, -0.1) is 0 Å². The maximum absolute atomic E-state index is 8.58. The number of nitriles is 1. The molecule has 0 heterocycles. The maximum atomic E-state index is 8.58. The Hall–Kier alpha value is -2.04. The average Bonchev–Trinajstić information content (AvgIpc) is 2.47. The minimum Gasteiger partial charge on any atom is -0.192 e. The molecule has 0 amide bonds. The summed E-state index contributed by atoms with van der Waals surface area (Å²) >= 11 is 6.03. The molecular formula is C19H20ClN. The fraction of sp³-hybridized carbons (Fsp3) is 0.211. The summed E-state index contributed by atoms with van der Waals surface area (Å²) in [5.41, 5.74) is 5.36. The zero-order chi connectivity index (χ0) is 15.8. The van der Waals surface area contributed by atoms with Crippen LogP contribution in [0, 0.1) is 25.2 Å². The molecule has 0 unspecified atom stereocenters. The van der Waals surface area contributed by atoms with E-state index in [2.05, 4.69) is 44.2 Å². The van der Waals surface area contributed by atoms with Gasteiger partial charge in [0.1, 0.15) is 0 Å². The first-order valence-electron chi connectivity index (χ1n) is 6.81. The quantitative estimate of drug-likeness (QED) is 0.647. The molecule has 0 saturated carbocycles. The van der Waals surface area contributed by atoms with Crippen LogP contribution in [0.3, 0.4) is 0 Å². The monoisotopic (exact) mass is 297 g/mol. The minimum atomic E-state index is 0.655. The van der Waals surface area contributed by atoms with Crippen molar-refractivity contribution in [1.82, 2.24) is 0 Å². The molecule has 0 aliphatic rings. The maximum Gasteiger partial charge on any atom is 0.0991 e. The molecule has 0 N–H and O–H groups in total. The van der Waals surface area contributed by atoms with Crippen LogP contribution in [0.15, 0.2) is 54.1 Å². The highest BCUT2D eigenvalue weighted by Gasteiger charge is 1.99. The Morgan fingerprint density at radius 2 is 1.48 bits per heavy atom. The van der Waals surface area contributed by atoms with Crippen molar-refractivity contribution in [2.24, 2.45) is 0 Å². The van der Waals surface area contributed by atoms with Crippen LogP contribution in [0.1, 0.15) is 36.1 Å². The van der Waals surface area contributed by atoms with E-state index in [4.69, 9.17) is 16.9 Å². The summed E-state index contributed by atoms with van der Waals surface area (Å²) < 4.78 is 0. The SMILES string of the molecule is CC(C)=C(Cl)c1ccc(C#N)cc1.Cc1cccc(C)c1. The van der Waals surface area contributed by atoms with Crippen molar-refractivity contribution in [3.05, 3.63) is 76.4 Å². The standard InChI is InChI=1S/C11H10ClN.C8H10/c1-8(2)11(12)10-5-3-9(7-13)4-6-10;1-7-4-3-5-8(2)6-7/h3-6H,1-2H3;3-6H,1-2H3. The minimum absolute atomic E-state index is 0.655. The van der Waals surface area contributed by atoms with E-state index >= 15 is 0 Å². The van der Waals surface area contributed by atoms with Gasteiger partial charge < -0.3 is 0 Å². The molecule has 2 aromatic rings. The van der Waals surface area contributed by atoms with Gasteiger partial charge in [0, 0.05) is 5.03 Å². The second-order valence-corrected chi connectivity index (χ2v) is 5.54. The van der Waals surface area contributed by atoms with E-state index in [9.17, 15) is 0 Å². The van der Waals surface area contributed by atoms with Crippen molar-refractivity contribution in [2.45, 2.75) is 27.7 Å². The smallest absolute Gasteiger partial charge is 0.0991 e. The van der Waals surface area contributed by atoms with Crippen LogP contribution in [-0.4, -0.2) is 0 Å². The van der Waals surface area contributed by atoms with Crippen LogP contribution < -0.4 is 0 Å². The Morgan fingerprint density at radius 3 is 1.81 bits per heavy atom. The molecule has 21 heavy (non-hydrogen) atoms. The van der Waals surface area contributed by atoms with Gasteiger partial charge in [-0.1, -0.05) is 64.7 Å². The average molecular weight is 298 g/mol. The highest BCUT2D eigenvalue weighted by molar-refractivity contribution is 6.49. The predicted octanol–water partition coefficient (Wildman–Crippen LogP) is 5.85. The normalized spacial score (nSPS) is 9.14. The lowest BCUT2D eigenvalue weighted by atomic mass is 10.1. The van der Waals surface area contributed by atoms with Crippen molar-refractivity contribution >= 4 is 16.6 Å². The number of nitrogens with zero attached hydrogens (tertiary/aromatic N) is 1. The highest BCUT2D eigenvalue weighted by Crippen LogP contribution is 2.22. The summed E-state index contributed by atoms with van der Waals surface area (Å²) in [6, 6.07) is 17.8. The van der Waals surface area contributed by atoms with E-state index in [1.165, 1.54) is 11.1 Å². The van der Waals surface area contributed by atoms with Crippen molar-refractivity contribution in [2.75, 3.05) is 0 Å².